The average molecular weight is 288 g/mol. The first kappa shape index (κ1) is 14.8. The zero-order valence-electron chi connectivity index (χ0n) is 13.7. The van der Waals surface area contributed by atoms with E-state index in [-0.39, 0.29) is 11.5 Å². The molecular weight excluding hydrogens is 260 g/mol. The molecule has 3 unspecified atom stereocenters. The quantitative estimate of drug-likeness (QED) is 0.908. The second kappa shape index (κ2) is 4.98. The Morgan fingerprint density at radius 3 is 2.62 bits per heavy atom. The largest absolute Gasteiger partial charge is 0.488 e. The van der Waals surface area contributed by atoms with E-state index in [0.717, 1.165) is 23.8 Å². The first-order valence-corrected chi connectivity index (χ1v) is 8.26. The van der Waals surface area contributed by atoms with E-state index in [2.05, 4.69) is 32.7 Å². The summed E-state index contributed by atoms with van der Waals surface area (Å²) in [4.78, 5) is 4.46. The summed E-state index contributed by atoms with van der Waals surface area (Å²) in [5.41, 5.74) is 7.63. The number of nitrogens with zero attached hydrogens (tertiary/aromatic N) is 1. The van der Waals surface area contributed by atoms with Crippen LogP contribution in [-0.4, -0.2) is 11.1 Å². The van der Waals surface area contributed by atoms with Gasteiger partial charge in [0.2, 0.25) is 0 Å². The van der Waals surface area contributed by atoms with E-state index in [0.29, 0.717) is 11.5 Å². The van der Waals surface area contributed by atoms with Gasteiger partial charge in [0.05, 0.1) is 11.9 Å². The fourth-order valence-corrected chi connectivity index (χ4v) is 4.36. The van der Waals surface area contributed by atoms with Crippen molar-refractivity contribution in [2.45, 2.75) is 65.5 Å². The van der Waals surface area contributed by atoms with Gasteiger partial charge in [-0.15, -0.1) is 0 Å². The lowest BCUT2D eigenvalue weighted by Crippen LogP contribution is -2.38. The third kappa shape index (κ3) is 2.17. The molecule has 3 nitrogen and oxygen atoms in total. The first-order chi connectivity index (χ1) is 9.88. The monoisotopic (exact) mass is 288 g/mol. The fourth-order valence-electron chi connectivity index (χ4n) is 4.36. The Labute approximate surface area is 128 Å². The lowest BCUT2D eigenvalue weighted by Gasteiger charge is -2.38. The van der Waals surface area contributed by atoms with Crippen molar-refractivity contribution in [1.82, 2.24) is 4.98 Å². The van der Waals surface area contributed by atoms with Crippen molar-refractivity contribution in [2.75, 3.05) is 0 Å². The smallest absolute Gasteiger partial charge is 0.138 e. The zero-order chi connectivity index (χ0) is 15.3. The molecule has 116 valence electrons. The predicted molar refractivity (Wildman–Crippen MR) is 85.1 cm³/mol. The van der Waals surface area contributed by atoms with Crippen LogP contribution in [0.5, 0.6) is 5.75 Å². The molecule has 0 aliphatic heterocycles. The molecule has 1 aromatic rings. The van der Waals surface area contributed by atoms with Crippen molar-refractivity contribution in [3.63, 3.8) is 0 Å². The molecular formula is C18H28N2O. The fraction of sp³-hybridized carbons (Fsp3) is 0.722. The molecule has 1 aromatic heterocycles. The van der Waals surface area contributed by atoms with Crippen LogP contribution in [0.3, 0.4) is 0 Å². The number of hydrogen-bond donors (Lipinski definition) is 1. The highest BCUT2D eigenvalue weighted by Gasteiger charge is 2.62. The average Bonchev–Trinajstić information content (AvgIpc) is 2.80. The molecule has 2 aliphatic carbocycles. The molecule has 3 rings (SSSR count). The lowest BCUT2D eigenvalue weighted by atomic mass is 9.70. The molecule has 1 heterocycles. The van der Waals surface area contributed by atoms with Gasteiger partial charge < -0.3 is 10.5 Å². The molecule has 0 amide bonds. The zero-order valence-corrected chi connectivity index (χ0v) is 13.7. The summed E-state index contributed by atoms with van der Waals surface area (Å²) in [5.74, 6) is 1.69. The summed E-state index contributed by atoms with van der Waals surface area (Å²) in [5, 5.41) is 0. The number of pyridine rings is 1. The maximum absolute atomic E-state index is 6.31. The number of aromatic nitrogens is 1. The van der Waals surface area contributed by atoms with Crippen LogP contribution in [-0.2, 0) is 0 Å². The minimum absolute atomic E-state index is 0.0259. The Bertz CT molecular complexity index is 510. The molecule has 2 bridgehead atoms. The van der Waals surface area contributed by atoms with Crippen LogP contribution in [0, 0.1) is 16.7 Å². The Hall–Kier alpha value is -1.09. The van der Waals surface area contributed by atoms with Gasteiger partial charge in [0.1, 0.15) is 11.9 Å². The van der Waals surface area contributed by atoms with E-state index in [1.54, 1.807) is 0 Å². The molecule has 2 saturated carbocycles. The maximum Gasteiger partial charge on any atom is 0.138 e. The van der Waals surface area contributed by atoms with E-state index in [4.69, 9.17) is 10.5 Å². The van der Waals surface area contributed by atoms with Gasteiger partial charge in [0, 0.05) is 11.5 Å². The molecule has 0 radical (unpaired) electrons. The Morgan fingerprint density at radius 1 is 1.38 bits per heavy atom. The van der Waals surface area contributed by atoms with Crippen LogP contribution in [0.4, 0.5) is 0 Å². The minimum Gasteiger partial charge on any atom is -0.488 e. The van der Waals surface area contributed by atoms with Crippen LogP contribution in [0.2, 0.25) is 0 Å². The summed E-state index contributed by atoms with van der Waals surface area (Å²) in [6, 6.07) is 4.06. The van der Waals surface area contributed by atoms with E-state index < -0.39 is 0 Å². The molecule has 2 aliphatic rings. The van der Waals surface area contributed by atoms with Crippen molar-refractivity contribution in [3.05, 3.63) is 24.0 Å². The van der Waals surface area contributed by atoms with Gasteiger partial charge in [-0.3, -0.25) is 4.98 Å². The predicted octanol–water partition coefficient (Wildman–Crippen LogP) is 4.09. The Morgan fingerprint density at radius 2 is 2.14 bits per heavy atom. The normalized spacial score (nSPS) is 34.9. The van der Waals surface area contributed by atoms with Crippen molar-refractivity contribution in [3.8, 4) is 5.75 Å². The summed E-state index contributed by atoms with van der Waals surface area (Å²) in [6.07, 6.45) is 6.88. The van der Waals surface area contributed by atoms with Crippen LogP contribution in [0.1, 0.15) is 65.1 Å². The highest BCUT2D eigenvalue weighted by atomic mass is 16.5. The molecule has 2 N–H and O–H groups in total. The van der Waals surface area contributed by atoms with E-state index in [1.165, 1.54) is 19.3 Å². The molecule has 2 fully saturated rings. The van der Waals surface area contributed by atoms with Crippen molar-refractivity contribution < 1.29 is 4.74 Å². The molecule has 4 atom stereocenters. The number of fused-ring (bicyclic) bond motifs is 2. The van der Waals surface area contributed by atoms with Gasteiger partial charge in [-0.2, -0.15) is 0 Å². The van der Waals surface area contributed by atoms with Crippen LogP contribution in [0.15, 0.2) is 18.3 Å². The number of nitrogens with two attached hydrogens (primary N) is 1. The third-order valence-corrected chi connectivity index (χ3v) is 6.57. The molecule has 21 heavy (non-hydrogen) atoms. The Kier molecular flexibility index (Phi) is 3.52. The van der Waals surface area contributed by atoms with Crippen LogP contribution >= 0.6 is 0 Å². The second-order valence-electron chi connectivity index (χ2n) is 7.65. The Balaban J connectivity index is 1.74. The van der Waals surface area contributed by atoms with Crippen molar-refractivity contribution in [2.24, 2.45) is 22.5 Å². The highest BCUT2D eigenvalue weighted by Crippen LogP contribution is 2.66. The molecule has 3 heteroatoms. The van der Waals surface area contributed by atoms with Crippen molar-refractivity contribution >= 4 is 0 Å². The van der Waals surface area contributed by atoms with Gasteiger partial charge in [-0.05, 0) is 49.1 Å². The first-order valence-electron chi connectivity index (χ1n) is 8.26. The molecule has 0 saturated heterocycles. The third-order valence-electron chi connectivity index (χ3n) is 6.57. The number of rotatable bonds is 4. The topological polar surface area (TPSA) is 48.1 Å². The highest BCUT2D eigenvalue weighted by molar-refractivity contribution is 5.23. The minimum atomic E-state index is 0.0259. The summed E-state index contributed by atoms with van der Waals surface area (Å²) < 4.78 is 6.31. The van der Waals surface area contributed by atoms with Gasteiger partial charge in [-0.25, -0.2) is 0 Å². The summed E-state index contributed by atoms with van der Waals surface area (Å²) >= 11 is 0. The van der Waals surface area contributed by atoms with E-state index >= 15 is 0 Å². The summed E-state index contributed by atoms with van der Waals surface area (Å²) in [6.45, 7) is 9.31. The number of ether oxygens (including phenoxy) is 1. The van der Waals surface area contributed by atoms with Crippen LogP contribution < -0.4 is 10.5 Å². The maximum atomic E-state index is 6.31. The second-order valence-corrected chi connectivity index (χ2v) is 7.65. The summed E-state index contributed by atoms with van der Waals surface area (Å²) in [7, 11) is 0. The van der Waals surface area contributed by atoms with Gasteiger partial charge in [-0.1, -0.05) is 27.7 Å². The molecule has 0 spiro atoms. The van der Waals surface area contributed by atoms with Gasteiger partial charge in [0.15, 0.2) is 0 Å². The van der Waals surface area contributed by atoms with Crippen LogP contribution in [0.25, 0.3) is 0 Å². The number of hydrogen-bond acceptors (Lipinski definition) is 3. The lowest BCUT2D eigenvalue weighted by molar-refractivity contribution is 0.0299. The van der Waals surface area contributed by atoms with Crippen molar-refractivity contribution in [1.29, 1.82) is 0 Å². The van der Waals surface area contributed by atoms with E-state index in [9.17, 15) is 0 Å². The standard InChI is InChI=1S/C18H28N2O/c1-5-14(19)15-7-6-13(11-20-15)21-16-10-12-8-9-18(16,4)17(12,2)3/h6-7,11-12,14,16H,5,8-10,19H2,1-4H3/t12?,14-,16?,18?/m1/s1. The van der Waals surface area contributed by atoms with Gasteiger partial charge in [0.25, 0.3) is 0 Å². The van der Waals surface area contributed by atoms with E-state index in [1.807, 2.05) is 18.3 Å². The van der Waals surface area contributed by atoms with Gasteiger partial charge >= 0.3 is 0 Å². The SMILES string of the molecule is CC[C@@H](N)c1ccc(OC2CC3CCC2(C)C3(C)C)cn1. The molecule has 0 aromatic carbocycles.